The number of nitrogens with two attached hydrogens (primary N) is 1. The van der Waals surface area contributed by atoms with Crippen LogP contribution in [0.3, 0.4) is 0 Å². The predicted molar refractivity (Wildman–Crippen MR) is 87.0 cm³/mol. The Morgan fingerprint density at radius 1 is 1.29 bits per heavy atom. The van der Waals surface area contributed by atoms with E-state index in [9.17, 15) is 4.79 Å². The third-order valence-electron chi connectivity index (χ3n) is 4.49. The normalized spacial score (nSPS) is 21.3. The molecular formula is C18H28N2O. The van der Waals surface area contributed by atoms with Crippen LogP contribution in [0.15, 0.2) is 30.3 Å². The number of carbonyl (C=O) groups is 1. The van der Waals surface area contributed by atoms with Crippen LogP contribution < -0.4 is 5.73 Å². The van der Waals surface area contributed by atoms with Crippen molar-refractivity contribution < 1.29 is 4.79 Å². The molecule has 3 atom stereocenters. The highest BCUT2D eigenvalue weighted by Crippen LogP contribution is 2.28. The molecule has 0 radical (unpaired) electrons. The summed E-state index contributed by atoms with van der Waals surface area (Å²) in [5.74, 6) is 0.947. The number of amides is 1. The third kappa shape index (κ3) is 4.57. The van der Waals surface area contributed by atoms with Crippen molar-refractivity contribution in [3.8, 4) is 0 Å². The highest BCUT2D eigenvalue weighted by Gasteiger charge is 2.29. The van der Waals surface area contributed by atoms with Crippen LogP contribution in [-0.4, -0.2) is 29.9 Å². The molecule has 1 heterocycles. The van der Waals surface area contributed by atoms with E-state index in [0.29, 0.717) is 11.8 Å². The molecular weight excluding hydrogens is 260 g/mol. The van der Waals surface area contributed by atoms with Crippen LogP contribution in [0.25, 0.3) is 0 Å². The lowest BCUT2D eigenvalue weighted by atomic mass is 9.98. The van der Waals surface area contributed by atoms with E-state index in [2.05, 4.69) is 31.2 Å². The fourth-order valence-corrected chi connectivity index (χ4v) is 3.14. The molecule has 21 heavy (non-hydrogen) atoms. The molecule has 3 unspecified atom stereocenters. The summed E-state index contributed by atoms with van der Waals surface area (Å²) in [5.41, 5.74) is 7.12. The fraction of sp³-hybridized carbons (Fsp3) is 0.611. The Kier molecular flexibility index (Phi) is 5.80. The number of benzene rings is 1. The van der Waals surface area contributed by atoms with Crippen LogP contribution in [0.2, 0.25) is 0 Å². The fourth-order valence-electron chi connectivity index (χ4n) is 3.14. The van der Waals surface area contributed by atoms with Crippen molar-refractivity contribution in [1.29, 1.82) is 0 Å². The first-order valence-electron chi connectivity index (χ1n) is 8.17. The number of hydrogen-bond donors (Lipinski definition) is 1. The van der Waals surface area contributed by atoms with Gasteiger partial charge in [-0.2, -0.15) is 0 Å². The Hall–Kier alpha value is -1.35. The van der Waals surface area contributed by atoms with E-state index in [4.69, 9.17) is 5.73 Å². The molecule has 0 aliphatic carbocycles. The topological polar surface area (TPSA) is 46.3 Å². The lowest BCUT2D eigenvalue weighted by Crippen LogP contribution is -2.33. The van der Waals surface area contributed by atoms with Crippen molar-refractivity contribution in [2.45, 2.75) is 51.5 Å². The van der Waals surface area contributed by atoms with Gasteiger partial charge >= 0.3 is 0 Å². The minimum atomic E-state index is 0.123. The molecule has 1 fully saturated rings. The van der Waals surface area contributed by atoms with Crippen LogP contribution >= 0.6 is 0 Å². The summed E-state index contributed by atoms with van der Waals surface area (Å²) in [6.45, 7) is 5.85. The van der Waals surface area contributed by atoms with E-state index >= 15 is 0 Å². The molecule has 2 rings (SSSR count). The van der Waals surface area contributed by atoms with Gasteiger partial charge in [0.25, 0.3) is 0 Å². The minimum absolute atomic E-state index is 0.123. The molecule has 0 spiro atoms. The summed E-state index contributed by atoms with van der Waals surface area (Å²) in [7, 11) is 0. The quantitative estimate of drug-likeness (QED) is 0.874. The second kappa shape index (κ2) is 7.60. The van der Waals surface area contributed by atoms with E-state index in [1.54, 1.807) is 0 Å². The molecule has 1 saturated heterocycles. The standard InChI is InChI=1S/C18H28N2O/c1-14(7-6-8-15(2)19)18(21)20-12-11-17(13-20)16-9-4-3-5-10-16/h3-5,9-10,14-15,17H,6-8,11-13,19H2,1-2H3. The van der Waals surface area contributed by atoms with E-state index in [0.717, 1.165) is 38.8 Å². The maximum absolute atomic E-state index is 12.5. The summed E-state index contributed by atoms with van der Waals surface area (Å²) in [5, 5.41) is 0. The van der Waals surface area contributed by atoms with E-state index in [1.165, 1.54) is 5.56 Å². The molecule has 1 aromatic carbocycles. The van der Waals surface area contributed by atoms with Gasteiger partial charge in [-0.05, 0) is 31.7 Å². The summed E-state index contributed by atoms with van der Waals surface area (Å²) < 4.78 is 0. The number of carbonyl (C=O) groups excluding carboxylic acids is 1. The first kappa shape index (κ1) is 16.0. The van der Waals surface area contributed by atoms with Gasteiger partial charge in [0.2, 0.25) is 5.91 Å². The van der Waals surface area contributed by atoms with Gasteiger partial charge in [0.1, 0.15) is 0 Å². The van der Waals surface area contributed by atoms with Crippen LogP contribution in [0, 0.1) is 5.92 Å². The Labute approximate surface area is 128 Å². The first-order valence-corrected chi connectivity index (χ1v) is 8.17. The minimum Gasteiger partial charge on any atom is -0.342 e. The molecule has 1 aromatic rings. The highest BCUT2D eigenvalue weighted by atomic mass is 16.2. The Morgan fingerprint density at radius 3 is 2.67 bits per heavy atom. The monoisotopic (exact) mass is 288 g/mol. The molecule has 1 amide bonds. The van der Waals surface area contributed by atoms with Crippen molar-refractivity contribution in [3.63, 3.8) is 0 Å². The Bertz CT molecular complexity index is 444. The van der Waals surface area contributed by atoms with Gasteiger partial charge in [0.05, 0.1) is 0 Å². The van der Waals surface area contributed by atoms with Crippen molar-refractivity contribution in [1.82, 2.24) is 4.90 Å². The molecule has 3 heteroatoms. The van der Waals surface area contributed by atoms with Crippen molar-refractivity contribution in [2.75, 3.05) is 13.1 Å². The number of likely N-dealkylation sites (tertiary alicyclic amines) is 1. The van der Waals surface area contributed by atoms with Crippen molar-refractivity contribution >= 4 is 5.91 Å². The molecule has 1 aliphatic rings. The average molecular weight is 288 g/mol. The van der Waals surface area contributed by atoms with Crippen LogP contribution in [0.4, 0.5) is 0 Å². The van der Waals surface area contributed by atoms with E-state index < -0.39 is 0 Å². The largest absolute Gasteiger partial charge is 0.342 e. The zero-order chi connectivity index (χ0) is 15.2. The van der Waals surface area contributed by atoms with E-state index in [-0.39, 0.29) is 12.0 Å². The molecule has 0 saturated carbocycles. The zero-order valence-electron chi connectivity index (χ0n) is 13.3. The maximum atomic E-state index is 12.5. The van der Waals surface area contributed by atoms with Crippen LogP contribution in [0.1, 0.15) is 51.0 Å². The molecule has 116 valence electrons. The van der Waals surface area contributed by atoms with E-state index in [1.807, 2.05) is 17.9 Å². The maximum Gasteiger partial charge on any atom is 0.225 e. The van der Waals surface area contributed by atoms with Crippen molar-refractivity contribution in [2.24, 2.45) is 11.7 Å². The smallest absolute Gasteiger partial charge is 0.225 e. The van der Waals surface area contributed by atoms with Crippen LogP contribution in [0.5, 0.6) is 0 Å². The number of rotatable bonds is 6. The summed E-state index contributed by atoms with van der Waals surface area (Å²) in [6.07, 6.45) is 4.08. The summed E-state index contributed by atoms with van der Waals surface area (Å²) in [6, 6.07) is 10.8. The van der Waals surface area contributed by atoms with Gasteiger partial charge in [0.15, 0.2) is 0 Å². The lowest BCUT2D eigenvalue weighted by Gasteiger charge is -2.21. The number of nitrogens with zero attached hydrogens (tertiary/aromatic N) is 1. The molecule has 1 aliphatic heterocycles. The second-order valence-corrected chi connectivity index (χ2v) is 6.49. The molecule has 0 aromatic heterocycles. The summed E-state index contributed by atoms with van der Waals surface area (Å²) in [4.78, 5) is 14.5. The van der Waals surface area contributed by atoms with Crippen molar-refractivity contribution in [3.05, 3.63) is 35.9 Å². The van der Waals surface area contributed by atoms with Gasteiger partial charge < -0.3 is 10.6 Å². The molecule has 3 nitrogen and oxygen atoms in total. The second-order valence-electron chi connectivity index (χ2n) is 6.49. The predicted octanol–water partition coefficient (Wildman–Crippen LogP) is 3.16. The third-order valence-corrected chi connectivity index (χ3v) is 4.49. The number of hydrogen-bond acceptors (Lipinski definition) is 2. The molecule has 0 bridgehead atoms. The van der Waals surface area contributed by atoms with Gasteiger partial charge in [-0.15, -0.1) is 0 Å². The highest BCUT2D eigenvalue weighted by molar-refractivity contribution is 5.78. The lowest BCUT2D eigenvalue weighted by molar-refractivity contribution is -0.134. The average Bonchev–Trinajstić information content (AvgIpc) is 2.96. The van der Waals surface area contributed by atoms with Gasteiger partial charge in [0, 0.05) is 31.0 Å². The summed E-state index contributed by atoms with van der Waals surface area (Å²) >= 11 is 0. The first-order chi connectivity index (χ1) is 10.1. The Morgan fingerprint density at radius 2 is 2.00 bits per heavy atom. The van der Waals surface area contributed by atoms with Gasteiger partial charge in [-0.25, -0.2) is 0 Å². The SMILES string of the molecule is CC(N)CCCC(C)C(=O)N1CCC(c2ccccc2)C1. The van der Waals surface area contributed by atoms with Crippen LogP contribution in [-0.2, 0) is 4.79 Å². The molecule has 2 N–H and O–H groups in total. The Balaban J connectivity index is 1.82. The van der Waals surface area contributed by atoms with Gasteiger partial charge in [-0.3, -0.25) is 4.79 Å². The van der Waals surface area contributed by atoms with Gasteiger partial charge in [-0.1, -0.05) is 43.7 Å². The zero-order valence-corrected chi connectivity index (χ0v) is 13.3.